The molecule has 0 amide bonds. The molecule has 0 radical (unpaired) electrons. The summed E-state index contributed by atoms with van der Waals surface area (Å²) < 4.78 is 1.03. The first-order chi connectivity index (χ1) is 9.74. The van der Waals surface area contributed by atoms with Crippen LogP contribution in [0.15, 0.2) is 28.9 Å². The summed E-state index contributed by atoms with van der Waals surface area (Å²) in [5, 5.41) is 7.96. The number of piperidine rings is 1. The van der Waals surface area contributed by atoms with Crippen molar-refractivity contribution in [1.29, 1.82) is 0 Å². The van der Waals surface area contributed by atoms with Crippen LogP contribution in [0, 0.1) is 5.92 Å². The van der Waals surface area contributed by atoms with E-state index in [1.165, 1.54) is 12.8 Å². The van der Waals surface area contributed by atoms with E-state index in [0.29, 0.717) is 17.9 Å². The summed E-state index contributed by atoms with van der Waals surface area (Å²) in [6.45, 7) is 4.29. The van der Waals surface area contributed by atoms with E-state index in [1.54, 1.807) is 0 Å². The number of fused-ring (bicyclic) bond motifs is 1. The van der Waals surface area contributed by atoms with Crippen LogP contribution in [0.2, 0.25) is 0 Å². The zero-order valence-corrected chi connectivity index (χ0v) is 13.2. The molecular formula is C15H19BrN4. The molecule has 0 bridgehead atoms. The molecule has 5 heteroatoms. The van der Waals surface area contributed by atoms with Crippen LogP contribution >= 0.6 is 15.9 Å². The summed E-state index contributed by atoms with van der Waals surface area (Å²) in [6, 6.07) is 6.51. The fourth-order valence-electron chi connectivity index (χ4n) is 2.69. The number of aromatic nitrogens is 2. The molecule has 0 spiro atoms. The van der Waals surface area contributed by atoms with Gasteiger partial charge in [-0.25, -0.2) is 9.97 Å². The van der Waals surface area contributed by atoms with Crippen molar-refractivity contribution < 1.29 is 0 Å². The third-order valence-electron chi connectivity index (χ3n) is 3.98. The molecule has 2 heterocycles. The zero-order chi connectivity index (χ0) is 13.9. The molecule has 2 N–H and O–H groups in total. The summed E-state index contributed by atoms with van der Waals surface area (Å²) in [5.74, 6) is 1.40. The summed E-state index contributed by atoms with van der Waals surface area (Å²) in [4.78, 5) is 8.96. The van der Waals surface area contributed by atoms with Gasteiger partial charge in [0.2, 0.25) is 5.95 Å². The van der Waals surface area contributed by atoms with Crippen LogP contribution in [0.3, 0.4) is 0 Å². The Morgan fingerprint density at radius 2 is 2.35 bits per heavy atom. The molecule has 3 rings (SSSR count). The van der Waals surface area contributed by atoms with Gasteiger partial charge in [-0.3, -0.25) is 0 Å². The highest BCUT2D eigenvalue weighted by atomic mass is 79.9. The van der Waals surface area contributed by atoms with Crippen molar-refractivity contribution in [3.05, 3.63) is 28.9 Å². The highest BCUT2D eigenvalue weighted by Crippen LogP contribution is 2.22. The standard InChI is InChI=1S/C15H19BrN4/c1-10-4-3-7-17-14(10)9-19-15-18-8-11-12(16)5-2-6-13(11)20-15/h2,5-6,8,10,14,17H,3-4,7,9H2,1H3,(H,18,19,20)/t10-,14-/m1/s1. The van der Waals surface area contributed by atoms with Crippen molar-refractivity contribution in [3.63, 3.8) is 0 Å². The van der Waals surface area contributed by atoms with E-state index in [2.05, 4.69) is 43.5 Å². The van der Waals surface area contributed by atoms with E-state index < -0.39 is 0 Å². The van der Waals surface area contributed by atoms with Gasteiger partial charge in [0, 0.05) is 28.6 Å². The number of anilines is 1. The smallest absolute Gasteiger partial charge is 0.223 e. The quantitative estimate of drug-likeness (QED) is 0.904. The molecule has 1 aliphatic heterocycles. The average Bonchev–Trinajstić information content (AvgIpc) is 2.46. The molecular weight excluding hydrogens is 316 g/mol. The Kier molecular flexibility index (Phi) is 4.17. The molecule has 1 fully saturated rings. The number of nitrogens with zero attached hydrogens (tertiary/aromatic N) is 2. The molecule has 1 aromatic heterocycles. The van der Waals surface area contributed by atoms with Crippen molar-refractivity contribution in [2.45, 2.75) is 25.8 Å². The first kappa shape index (κ1) is 13.8. The zero-order valence-electron chi connectivity index (χ0n) is 11.6. The Balaban J connectivity index is 1.71. The minimum Gasteiger partial charge on any atom is -0.353 e. The number of nitrogens with one attached hydrogen (secondary N) is 2. The topological polar surface area (TPSA) is 49.8 Å². The lowest BCUT2D eigenvalue weighted by Crippen LogP contribution is -2.44. The summed E-state index contributed by atoms with van der Waals surface area (Å²) in [5.41, 5.74) is 0.960. The molecule has 20 heavy (non-hydrogen) atoms. The van der Waals surface area contributed by atoms with Gasteiger partial charge in [0.15, 0.2) is 0 Å². The second-order valence-corrected chi connectivity index (χ2v) is 6.28. The van der Waals surface area contributed by atoms with E-state index in [9.17, 15) is 0 Å². The Labute approximate surface area is 127 Å². The molecule has 4 nitrogen and oxygen atoms in total. The van der Waals surface area contributed by atoms with Gasteiger partial charge < -0.3 is 10.6 Å². The van der Waals surface area contributed by atoms with Crippen molar-refractivity contribution in [1.82, 2.24) is 15.3 Å². The predicted octanol–water partition coefficient (Wildman–Crippen LogP) is 3.19. The Hall–Kier alpha value is -1.20. The Bertz CT molecular complexity index is 601. The maximum atomic E-state index is 4.57. The maximum absolute atomic E-state index is 4.57. The Morgan fingerprint density at radius 1 is 1.45 bits per heavy atom. The predicted molar refractivity (Wildman–Crippen MR) is 85.9 cm³/mol. The van der Waals surface area contributed by atoms with E-state index >= 15 is 0 Å². The van der Waals surface area contributed by atoms with E-state index in [4.69, 9.17) is 0 Å². The molecule has 0 unspecified atom stereocenters. The minimum absolute atomic E-state index is 0.505. The molecule has 1 saturated heterocycles. The Morgan fingerprint density at radius 3 is 3.20 bits per heavy atom. The van der Waals surface area contributed by atoms with Gasteiger partial charge in [-0.05, 0) is 37.4 Å². The fourth-order valence-corrected chi connectivity index (χ4v) is 3.15. The van der Waals surface area contributed by atoms with E-state index in [0.717, 1.165) is 28.5 Å². The molecule has 0 aliphatic carbocycles. The van der Waals surface area contributed by atoms with Gasteiger partial charge in [-0.2, -0.15) is 0 Å². The SMILES string of the molecule is C[C@@H]1CCCN[C@@H]1CNc1ncc2c(Br)cccc2n1. The molecule has 1 aromatic carbocycles. The van der Waals surface area contributed by atoms with Crippen LogP contribution < -0.4 is 10.6 Å². The third-order valence-corrected chi connectivity index (χ3v) is 4.67. The van der Waals surface area contributed by atoms with Crippen LogP contribution in [0.5, 0.6) is 0 Å². The van der Waals surface area contributed by atoms with Crippen LogP contribution in [0.25, 0.3) is 10.9 Å². The summed E-state index contributed by atoms with van der Waals surface area (Å²) in [7, 11) is 0. The number of rotatable bonds is 3. The minimum atomic E-state index is 0.505. The summed E-state index contributed by atoms with van der Waals surface area (Å²) in [6.07, 6.45) is 4.44. The first-order valence-electron chi connectivity index (χ1n) is 7.12. The highest BCUT2D eigenvalue weighted by Gasteiger charge is 2.20. The van der Waals surface area contributed by atoms with Crippen molar-refractivity contribution in [3.8, 4) is 0 Å². The maximum Gasteiger partial charge on any atom is 0.223 e. The van der Waals surface area contributed by atoms with Crippen LogP contribution in [0.1, 0.15) is 19.8 Å². The average molecular weight is 335 g/mol. The van der Waals surface area contributed by atoms with Crippen LogP contribution in [-0.4, -0.2) is 29.1 Å². The largest absolute Gasteiger partial charge is 0.353 e. The number of benzene rings is 1. The number of halogens is 1. The van der Waals surface area contributed by atoms with Gasteiger partial charge in [-0.1, -0.05) is 28.9 Å². The van der Waals surface area contributed by atoms with Gasteiger partial charge in [0.1, 0.15) is 0 Å². The van der Waals surface area contributed by atoms with Crippen LogP contribution in [-0.2, 0) is 0 Å². The fraction of sp³-hybridized carbons (Fsp3) is 0.467. The molecule has 2 atom stereocenters. The lowest BCUT2D eigenvalue weighted by molar-refractivity contribution is 0.310. The molecule has 106 valence electrons. The van der Waals surface area contributed by atoms with Gasteiger partial charge in [-0.15, -0.1) is 0 Å². The second kappa shape index (κ2) is 6.06. The molecule has 2 aromatic rings. The monoisotopic (exact) mass is 334 g/mol. The van der Waals surface area contributed by atoms with Crippen LogP contribution in [0.4, 0.5) is 5.95 Å². The lowest BCUT2D eigenvalue weighted by atomic mass is 9.93. The van der Waals surface area contributed by atoms with Gasteiger partial charge >= 0.3 is 0 Å². The third kappa shape index (κ3) is 2.94. The van der Waals surface area contributed by atoms with E-state index in [-0.39, 0.29) is 0 Å². The lowest BCUT2D eigenvalue weighted by Gasteiger charge is -2.30. The van der Waals surface area contributed by atoms with Crippen molar-refractivity contribution in [2.24, 2.45) is 5.92 Å². The van der Waals surface area contributed by atoms with E-state index in [1.807, 2.05) is 24.4 Å². The molecule has 0 saturated carbocycles. The number of hydrogen-bond donors (Lipinski definition) is 2. The van der Waals surface area contributed by atoms with Gasteiger partial charge in [0.25, 0.3) is 0 Å². The second-order valence-electron chi connectivity index (χ2n) is 5.43. The molecule has 1 aliphatic rings. The number of hydrogen-bond acceptors (Lipinski definition) is 4. The summed E-state index contributed by atoms with van der Waals surface area (Å²) >= 11 is 3.52. The normalized spacial score (nSPS) is 22.9. The highest BCUT2D eigenvalue weighted by molar-refractivity contribution is 9.10. The first-order valence-corrected chi connectivity index (χ1v) is 7.92. The van der Waals surface area contributed by atoms with Crippen molar-refractivity contribution in [2.75, 3.05) is 18.4 Å². The van der Waals surface area contributed by atoms with Crippen molar-refractivity contribution >= 4 is 32.8 Å². The van der Waals surface area contributed by atoms with Gasteiger partial charge in [0.05, 0.1) is 5.52 Å².